The van der Waals surface area contributed by atoms with Crippen LogP contribution in [0, 0.1) is 13.8 Å². The first-order valence-electron chi connectivity index (χ1n) is 12.1. The zero-order chi connectivity index (χ0) is 25.9. The summed E-state index contributed by atoms with van der Waals surface area (Å²) >= 11 is 3.28. The number of nitrogens with zero attached hydrogens (tertiary/aromatic N) is 3. The van der Waals surface area contributed by atoms with Gasteiger partial charge in [-0.3, -0.25) is 4.79 Å². The van der Waals surface area contributed by atoms with E-state index in [0.717, 1.165) is 33.2 Å². The molecule has 0 fully saturated rings. The van der Waals surface area contributed by atoms with Gasteiger partial charge in [0.05, 0.1) is 5.57 Å². The van der Waals surface area contributed by atoms with Crippen LogP contribution in [0.2, 0.25) is 0 Å². The molecular weight excluding hydrogens is 498 g/mol. The molecule has 0 bridgehead atoms. The number of rotatable bonds is 7. The second kappa shape index (κ2) is 10.9. The topological polar surface area (TPSA) is 71.8 Å². The summed E-state index contributed by atoms with van der Waals surface area (Å²) in [4.78, 5) is 19.7. The van der Waals surface area contributed by atoms with Crippen LogP contribution in [-0.4, -0.2) is 26.9 Å². The van der Waals surface area contributed by atoms with Crippen LogP contribution in [0.25, 0.3) is 0 Å². The summed E-state index contributed by atoms with van der Waals surface area (Å²) in [5.74, 6) is 1.25. The molecule has 0 radical (unpaired) electrons. The van der Waals surface area contributed by atoms with Crippen molar-refractivity contribution < 1.29 is 4.79 Å². The lowest BCUT2D eigenvalue weighted by atomic mass is 9.95. The molecule has 8 heteroatoms. The number of hydrogen-bond acceptors (Lipinski definition) is 6. The van der Waals surface area contributed by atoms with Gasteiger partial charge in [-0.15, -0.1) is 16.9 Å². The van der Waals surface area contributed by atoms with Gasteiger partial charge in [-0.2, -0.15) is 4.98 Å². The van der Waals surface area contributed by atoms with Crippen molar-refractivity contribution in [3.63, 3.8) is 0 Å². The number of carbonyl (C=O) groups excluding carboxylic acids is 1. The smallest absolute Gasteiger partial charge is 0.255 e. The van der Waals surface area contributed by atoms with Gasteiger partial charge >= 0.3 is 0 Å². The molecular formula is C29H29N5OS2. The van der Waals surface area contributed by atoms with Gasteiger partial charge in [0, 0.05) is 22.0 Å². The van der Waals surface area contributed by atoms with Crippen molar-refractivity contribution in [2.24, 2.45) is 0 Å². The van der Waals surface area contributed by atoms with Gasteiger partial charge in [0.25, 0.3) is 5.91 Å². The molecule has 0 aliphatic carbocycles. The van der Waals surface area contributed by atoms with Crippen LogP contribution < -0.4 is 10.6 Å². The number of para-hydroxylation sites is 1. The van der Waals surface area contributed by atoms with Crippen LogP contribution in [-0.2, 0) is 10.5 Å². The summed E-state index contributed by atoms with van der Waals surface area (Å²) in [5, 5.41) is 12.0. The number of aromatic nitrogens is 3. The molecule has 188 valence electrons. The van der Waals surface area contributed by atoms with Crippen molar-refractivity contribution in [1.29, 1.82) is 0 Å². The normalized spacial score (nSPS) is 14.8. The molecule has 0 saturated carbocycles. The molecule has 0 saturated heterocycles. The summed E-state index contributed by atoms with van der Waals surface area (Å²) in [6.45, 7) is 6.01. The number of hydrogen-bond donors (Lipinski definition) is 2. The van der Waals surface area contributed by atoms with E-state index in [9.17, 15) is 4.79 Å². The molecule has 0 unspecified atom stereocenters. The highest BCUT2D eigenvalue weighted by Gasteiger charge is 2.34. The molecule has 5 rings (SSSR count). The predicted octanol–water partition coefficient (Wildman–Crippen LogP) is 6.84. The minimum Gasteiger partial charge on any atom is -0.328 e. The molecule has 1 amide bonds. The van der Waals surface area contributed by atoms with Gasteiger partial charge in [-0.05, 0) is 61.9 Å². The van der Waals surface area contributed by atoms with Gasteiger partial charge in [0.2, 0.25) is 11.1 Å². The van der Waals surface area contributed by atoms with Gasteiger partial charge in [0.1, 0.15) is 6.04 Å². The Morgan fingerprint density at radius 3 is 2.54 bits per heavy atom. The maximum atomic E-state index is 13.7. The van der Waals surface area contributed by atoms with Crippen molar-refractivity contribution in [2.45, 2.75) is 42.6 Å². The Kier molecular flexibility index (Phi) is 7.39. The number of carbonyl (C=O) groups is 1. The average molecular weight is 528 g/mol. The van der Waals surface area contributed by atoms with E-state index in [2.05, 4.69) is 72.3 Å². The Hall–Kier alpha value is -3.49. The summed E-state index contributed by atoms with van der Waals surface area (Å²) in [5.41, 5.74) is 6.62. The number of benzene rings is 3. The fraction of sp³-hybridized carbons (Fsp3) is 0.207. The van der Waals surface area contributed by atoms with Crippen LogP contribution in [0.3, 0.4) is 0 Å². The van der Waals surface area contributed by atoms with E-state index in [1.807, 2.05) is 42.8 Å². The first-order valence-corrected chi connectivity index (χ1v) is 14.3. The number of fused-ring (bicyclic) bond motifs is 1. The maximum absolute atomic E-state index is 13.7. The monoisotopic (exact) mass is 527 g/mol. The maximum Gasteiger partial charge on any atom is 0.255 e. The molecule has 3 aromatic carbocycles. The average Bonchev–Trinajstić information content (AvgIpc) is 3.30. The fourth-order valence-electron chi connectivity index (χ4n) is 4.43. The summed E-state index contributed by atoms with van der Waals surface area (Å²) in [6, 6.07) is 24.2. The molecule has 37 heavy (non-hydrogen) atoms. The van der Waals surface area contributed by atoms with Gasteiger partial charge in [0.15, 0.2) is 0 Å². The second-order valence-corrected chi connectivity index (χ2v) is 10.9. The third-order valence-corrected chi connectivity index (χ3v) is 8.01. The Bertz CT molecular complexity index is 1480. The minimum absolute atomic E-state index is 0.159. The number of allylic oxidation sites excluding steroid dienone is 1. The van der Waals surface area contributed by atoms with Crippen molar-refractivity contribution in [1.82, 2.24) is 14.8 Å². The quantitative estimate of drug-likeness (QED) is 0.257. The SMILES string of the molecule is CSc1ccc([C@H]2C(C(=O)Nc3ccccc3C)=C(C)Nc3nc(SCc4cccc(C)c4)nn32)cc1. The standard InChI is InChI=1S/C29H29N5OS2/c1-18-8-7-10-21(16-18)17-37-29-32-28-30-20(3)25(27(35)31-24-11-6-5-9-19(24)2)26(34(28)33-29)22-12-14-23(36-4)15-13-22/h5-16,26H,17H2,1-4H3,(H,31,35)(H,30,32,33)/t26-/m0/s1. The number of anilines is 2. The van der Waals surface area contributed by atoms with E-state index in [-0.39, 0.29) is 5.91 Å². The van der Waals surface area contributed by atoms with Crippen molar-refractivity contribution >= 4 is 41.1 Å². The highest BCUT2D eigenvalue weighted by molar-refractivity contribution is 7.98. The molecule has 1 aliphatic heterocycles. The van der Waals surface area contributed by atoms with Gasteiger partial charge in [-0.1, -0.05) is 71.9 Å². The molecule has 4 aromatic rings. The van der Waals surface area contributed by atoms with E-state index in [1.54, 1.807) is 23.5 Å². The van der Waals surface area contributed by atoms with Crippen molar-refractivity contribution in [2.75, 3.05) is 16.9 Å². The van der Waals surface area contributed by atoms with Crippen LogP contribution >= 0.6 is 23.5 Å². The lowest BCUT2D eigenvalue weighted by molar-refractivity contribution is -0.113. The fourth-order valence-corrected chi connectivity index (χ4v) is 5.61. The van der Waals surface area contributed by atoms with Gasteiger partial charge < -0.3 is 10.6 Å². The van der Waals surface area contributed by atoms with E-state index < -0.39 is 6.04 Å². The summed E-state index contributed by atoms with van der Waals surface area (Å²) in [7, 11) is 0. The minimum atomic E-state index is -0.406. The lowest BCUT2D eigenvalue weighted by Crippen LogP contribution is -2.31. The number of aryl methyl sites for hydroxylation is 2. The Morgan fingerprint density at radius 1 is 1.03 bits per heavy atom. The Labute approximate surface area is 226 Å². The molecule has 6 nitrogen and oxygen atoms in total. The molecule has 1 aromatic heterocycles. The molecule has 1 aliphatic rings. The summed E-state index contributed by atoms with van der Waals surface area (Å²) in [6.07, 6.45) is 2.05. The van der Waals surface area contributed by atoms with E-state index >= 15 is 0 Å². The van der Waals surface area contributed by atoms with Gasteiger partial charge in [-0.25, -0.2) is 4.68 Å². The number of amides is 1. The molecule has 2 heterocycles. The first-order chi connectivity index (χ1) is 17.9. The van der Waals surface area contributed by atoms with Crippen LogP contribution in [0.5, 0.6) is 0 Å². The highest BCUT2D eigenvalue weighted by Crippen LogP contribution is 2.37. The largest absolute Gasteiger partial charge is 0.328 e. The Balaban J connectivity index is 1.50. The molecule has 1 atom stereocenters. The third-order valence-electron chi connectivity index (χ3n) is 6.35. The van der Waals surface area contributed by atoms with E-state index in [4.69, 9.17) is 10.1 Å². The Morgan fingerprint density at radius 2 is 1.81 bits per heavy atom. The van der Waals surface area contributed by atoms with E-state index in [0.29, 0.717) is 16.7 Å². The van der Waals surface area contributed by atoms with Crippen molar-refractivity contribution in [3.05, 3.63) is 106 Å². The van der Waals surface area contributed by atoms with Crippen LogP contribution in [0.4, 0.5) is 11.6 Å². The zero-order valence-electron chi connectivity index (χ0n) is 21.3. The lowest BCUT2D eigenvalue weighted by Gasteiger charge is -2.29. The summed E-state index contributed by atoms with van der Waals surface area (Å²) < 4.78 is 1.84. The molecule has 2 N–H and O–H groups in total. The first kappa shape index (κ1) is 25.2. The van der Waals surface area contributed by atoms with E-state index in [1.165, 1.54) is 11.1 Å². The zero-order valence-corrected chi connectivity index (χ0v) is 22.9. The second-order valence-electron chi connectivity index (χ2n) is 9.05. The number of nitrogens with one attached hydrogen (secondary N) is 2. The third kappa shape index (κ3) is 5.45. The number of thioether (sulfide) groups is 2. The molecule has 0 spiro atoms. The van der Waals surface area contributed by atoms with Crippen LogP contribution in [0.1, 0.15) is 35.2 Å². The van der Waals surface area contributed by atoms with Crippen molar-refractivity contribution in [3.8, 4) is 0 Å². The van der Waals surface area contributed by atoms with Crippen LogP contribution in [0.15, 0.2) is 94.1 Å². The predicted molar refractivity (Wildman–Crippen MR) is 153 cm³/mol. The highest BCUT2D eigenvalue weighted by atomic mass is 32.2.